The van der Waals surface area contributed by atoms with Crippen LogP contribution in [0.1, 0.15) is 36.5 Å². The minimum Gasteiger partial charge on any atom is -0.349 e. The van der Waals surface area contributed by atoms with E-state index in [1.54, 1.807) is 0 Å². The Bertz CT molecular complexity index is 627. The quantitative estimate of drug-likeness (QED) is 0.880. The predicted octanol–water partition coefficient (Wildman–Crippen LogP) is 1.39. The van der Waals surface area contributed by atoms with Gasteiger partial charge in [-0.2, -0.15) is 0 Å². The summed E-state index contributed by atoms with van der Waals surface area (Å²) >= 11 is 0. The summed E-state index contributed by atoms with van der Waals surface area (Å²) in [5, 5.41) is 7.71. The van der Waals surface area contributed by atoms with Gasteiger partial charge in [0.05, 0.1) is 4.90 Å². The fourth-order valence-electron chi connectivity index (χ4n) is 2.21. The van der Waals surface area contributed by atoms with Gasteiger partial charge >= 0.3 is 0 Å². The van der Waals surface area contributed by atoms with Crippen LogP contribution >= 0.6 is 0 Å². The lowest BCUT2D eigenvalue weighted by atomic mass is 9.80. The molecule has 1 aliphatic carbocycles. The molecule has 110 valence electrons. The van der Waals surface area contributed by atoms with E-state index in [9.17, 15) is 17.6 Å². The van der Waals surface area contributed by atoms with Crippen LogP contribution in [-0.2, 0) is 10.0 Å². The van der Waals surface area contributed by atoms with Crippen molar-refractivity contribution in [3.05, 3.63) is 29.6 Å². The summed E-state index contributed by atoms with van der Waals surface area (Å²) in [4.78, 5) is 11.6. The van der Waals surface area contributed by atoms with E-state index >= 15 is 0 Å². The van der Waals surface area contributed by atoms with Gasteiger partial charge in [0.15, 0.2) is 0 Å². The molecule has 5 nitrogen and oxygen atoms in total. The minimum absolute atomic E-state index is 0.0162. The summed E-state index contributed by atoms with van der Waals surface area (Å²) < 4.78 is 35.8. The number of halogens is 1. The van der Waals surface area contributed by atoms with Crippen LogP contribution in [0.5, 0.6) is 0 Å². The van der Waals surface area contributed by atoms with Crippen LogP contribution in [0.4, 0.5) is 4.39 Å². The van der Waals surface area contributed by atoms with E-state index in [-0.39, 0.29) is 11.6 Å². The number of hydrogen-bond acceptors (Lipinski definition) is 3. The molecule has 1 atom stereocenters. The number of amides is 1. The number of carbonyl (C=O) groups is 1. The maximum atomic E-state index is 13.4. The van der Waals surface area contributed by atoms with Gasteiger partial charge in [-0.15, -0.1) is 0 Å². The van der Waals surface area contributed by atoms with E-state index in [0.717, 1.165) is 37.5 Å². The van der Waals surface area contributed by atoms with E-state index in [2.05, 4.69) is 5.32 Å². The molecule has 1 amide bonds. The van der Waals surface area contributed by atoms with E-state index in [1.165, 1.54) is 0 Å². The van der Waals surface area contributed by atoms with Gasteiger partial charge < -0.3 is 5.32 Å². The van der Waals surface area contributed by atoms with E-state index in [4.69, 9.17) is 5.14 Å². The molecular formula is C13H17FN2O3S. The van der Waals surface area contributed by atoms with E-state index in [1.807, 2.05) is 6.92 Å². The fraction of sp³-hybridized carbons (Fsp3) is 0.462. The van der Waals surface area contributed by atoms with Gasteiger partial charge in [-0.05, 0) is 43.9 Å². The molecule has 1 fully saturated rings. The van der Waals surface area contributed by atoms with Crippen LogP contribution < -0.4 is 10.5 Å². The van der Waals surface area contributed by atoms with Crippen LogP contribution in [-0.4, -0.2) is 20.4 Å². The molecule has 0 radical (unpaired) electrons. The van der Waals surface area contributed by atoms with Crippen LogP contribution in [0.2, 0.25) is 0 Å². The van der Waals surface area contributed by atoms with Gasteiger partial charge in [-0.3, -0.25) is 4.79 Å². The average molecular weight is 300 g/mol. The zero-order valence-corrected chi connectivity index (χ0v) is 11.9. The number of hydrogen-bond donors (Lipinski definition) is 2. The molecule has 0 aliphatic heterocycles. The topological polar surface area (TPSA) is 89.3 Å². The summed E-state index contributed by atoms with van der Waals surface area (Å²) in [6.45, 7) is 1.89. The molecule has 1 aromatic carbocycles. The van der Waals surface area contributed by atoms with Gasteiger partial charge in [-0.25, -0.2) is 17.9 Å². The van der Waals surface area contributed by atoms with Crippen molar-refractivity contribution in [3.63, 3.8) is 0 Å². The van der Waals surface area contributed by atoms with Crippen molar-refractivity contribution in [2.45, 2.75) is 37.1 Å². The highest BCUT2D eigenvalue weighted by Gasteiger charge is 2.25. The number of sulfonamides is 1. The largest absolute Gasteiger partial charge is 0.349 e. The smallest absolute Gasteiger partial charge is 0.251 e. The first-order chi connectivity index (χ1) is 9.27. The van der Waals surface area contributed by atoms with Crippen molar-refractivity contribution < 1.29 is 17.6 Å². The Morgan fingerprint density at radius 2 is 2.05 bits per heavy atom. The second-order valence-electron chi connectivity index (χ2n) is 5.17. The van der Waals surface area contributed by atoms with Crippen molar-refractivity contribution in [1.29, 1.82) is 0 Å². The Hall–Kier alpha value is -1.47. The third-order valence-corrected chi connectivity index (χ3v) is 4.57. The third kappa shape index (κ3) is 3.34. The Balaban J connectivity index is 2.19. The van der Waals surface area contributed by atoms with Gasteiger partial charge in [0.1, 0.15) is 5.82 Å². The molecule has 0 saturated heterocycles. The molecule has 0 spiro atoms. The van der Waals surface area contributed by atoms with Crippen molar-refractivity contribution >= 4 is 15.9 Å². The lowest BCUT2D eigenvalue weighted by Gasteiger charge is -2.31. The Labute approximate surface area is 117 Å². The first-order valence-electron chi connectivity index (χ1n) is 6.41. The molecule has 1 aromatic rings. The number of benzene rings is 1. The van der Waals surface area contributed by atoms with E-state index in [0.29, 0.717) is 5.92 Å². The molecule has 1 aliphatic rings. The Morgan fingerprint density at radius 1 is 1.40 bits per heavy atom. The molecule has 0 aromatic heterocycles. The highest BCUT2D eigenvalue weighted by Crippen LogP contribution is 2.29. The Morgan fingerprint density at radius 3 is 2.55 bits per heavy atom. The lowest BCUT2D eigenvalue weighted by molar-refractivity contribution is 0.0908. The van der Waals surface area contributed by atoms with Gasteiger partial charge in [-0.1, -0.05) is 6.42 Å². The number of primary sulfonamides is 1. The summed E-state index contributed by atoms with van der Waals surface area (Å²) in [5.74, 6) is -0.864. The molecule has 0 heterocycles. The first-order valence-corrected chi connectivity index (χ1v) is 7.96. The molecule has 3 N–H and O–H groups in total. The average Bonchev–Trinajstić information content (AvgIpc) is 2.24. The minimum atomic E-state index is -4.04. The maximum absolute atomic E-state index is 13.4. The zero-order chi connectivity index (χ0) is 14.9. The highest BCUT2D eigenvalue weighted by atomic mass is 32.2. The van der Waals surface area contributed by atoms with E-state index < -0.39 is 26.6 Å². The standard InChI is InChI=1S/C13H17FN2O3S/c1-8(9-3-2-4-9)16-13(17)10-5-11(14)7-12(6-10)20(15,18)19/h5-9H,2-4H2,1H3,(H,16,17)(H2,15,18,19). The normalized spacial score (nSPS) is 17.4. The molecule has 20 heavy (non-hydrogen) atoms. The van der Waals surface area contributed by atoms with Crippen molar-refractivity contribution in [1.82, 2.24) is 5.32 Å². The van der Waals surface area contributed by atoms with Crippen LogP contribution in [0.25, 0.3) is 0 Å². The number of carbonyl (C=O) groups excluding carboxylic acids is 1. The molecule has 2 rings (SSSR count). The van der Waals surface area contributed by atoms with Crippen molar-refractivity contribution in [2.75, 3.05) is 0 Å². The van der Waals surface area contributed by atoms with Gasteiger partial charge in [0.25, 0.3) is 5.91 Å². The van der Waals surface area contributed by atoms with Crippen molar-refractivity contribution in [3.8, 4) is 0 Å². The third-order valence-electron chi connectivity index (χ3n) is 3.68. The lowest BCUT2D eigenvalue weighted by Crippen LogP contribution is -2.40. The molecule has 1 saturated carbocycles. The van der Waals surface area contributed by atoms with Gasteiger partial charge in [0, 0.05) is 11.6 Å². The summed E-state index contributed by atoms with van der Waals surface area (Å²) in [6, 6.07) is 2.86. The zero-order valence-electron chi connectivity index (χ0n) is 11.1. The molecule has 0 bridgehead atoms. The number of nitrogens with one attached hydrogen (secondary N) is 1. The maximum Gasteiger partial charge on any atom is 0.251 e. The highest BCUT2D eigenvalue weighted by molar-refractivity contribution is 7.89. The Kier molecular flexibility index (Phi) is 4.10. The predicted molar refractivity (Wildman–Crippen MR) is 72.0 cm³/mol. The second-order valence-corrected chi connectivity index (χ2v) is 6.74. The second kappa shape index (κ2) is 5.49. The van der Waals surface area contributed by atoms with Crippen LogP contribution in [0.3, 0.4) is 0 Å². The van der Waals surface area contributed by atoms with Crippen molar-refractivity contribution in [2.24, 2.45) is 11.1 Å². The fourth-order valence-corrected chi connectivity index (χ4v) is 2.77. The van der Waals surface area contributed by atoms with Gasteiger partial charge in [0.2, 0.25) is 10.0 Å². The summed E-state index contributed by atoms with van der Waals surface area (Å²) in [7, 11) is -4.04. The molecule has 1 unspecified atom stereocenters. The SMILES string of the molecule is CC(NC(=O)c1cc(F)cc(S(N)(=O)=O)c1)C1CCC1. The first kappa shape index (κ1) is 14.9. The summed E-state index contributed by atoms with van der Waals surface area (Å²) in [6.07, 6.45) is 3.28. The van der Waals surface area contributed by atoms with Crippen LogP contribution in [0, 0.1) is 11.7 Å². The molecule has 7 heteroatoms. The number of nitrogens with two attached hydrogens (primary N) is 1. The summed E-state index contributed by atoms with van der Waals surface area (Å²) in [5.41, 5.74) is -0.0415. The number of rotatable bonds is 4. The van der Waals surface area contributed by atoms with Crippen LogP contribution in [0.15, 0.2) is 23.1 Å². The molecular weight excluding hydrogens is 283 g/mol. The monoisotopic (exact) mass is 300 g/mol.